The molecule has 1 fully saturated rings. The molecule has 48 heavy (non-hydrogen) atoms. The number of rotatable bonds is 5. The molecule has 2 amide bonds. The molecule has 0 radical (unpaired) electrons. The first-order valence-electron chi connectivity index (χ1n) is 16.1. The quantitative estimate of drug-likeness (QED) is 0.229. The molecule has 1 saturated heterocycles. The Labute approximate surface area is 281 Å². The lowest BCUT2D eigenvalue weighted by molar-refractivity contribution is -0.144. The zero-order valence-electron chi connectivity index (χ0n) is 26.7. The van der Waals surface area contributed by atoms with Gasteiger partial charge in [-0.1, -0.05) is 36.6 Å². The average Bonchev–Trinajstić information content (AvgIpc) is 3.55. The number of nitrogens with zero attached hydrogens (tertiary/aromatic N) is 2. The van der Waals surface area contributed by atoms with Crippen molar-refractivity contribution >= 4 is 46.9 Å². The van der Waals surface area contributed by atoms with Crippen LogP contribution in [-0.2, 0) is 40.6 Å². The van der Waals surface area contributed by atoms with Crippen molar-refractivity contribution in [1.29, 1.82) is 0 Å². The van der Waals surface area contributed by atoms with Crippen molar-refractivity contribution in [3.8, 4) is 11.3 Å². The monoisotopic (exact) mass is 681 g/mol. The smallest absolute Gasteiger partial charge is 0.412 e. The molecule has 0 aliphatic carbocycles. The fraction of sp³-hybridized carbons (Fsp3) is 0.441. The summed E-state index contributed by atoms with van der Waals surface area (Å²) in [4.78, 5) is 61.6. The van der Waals surface area contributed by atoms with Gasteiger partial charge in [0.05, 0.1) is 60.8 Å². The molecule has 254 valence electrons. The van der Waals surface area contributed by atoms with Crippen LogP contribution in [-0.4, -0.2) is 71.7 Å². The van der Waals surface area contributed by atoms with E-state index < -0.39 is 41.4 Å². The molecule has 3 atom stereocenters. The summed E-state index contributed by atoms with van der Waals surface area (Å²) in [6, 6.07) is 7.65. The summed E-state index contributed by atoms with van der Waals surface area (Å²) >= 11 is 6.15. The van der Waals surface area contributed by atoms with Crippen molar-refractivity contribution in [2.24, 2.45) is 0 Å². The second-order valence-corrected chi connectivity index (χ2v) is 12.7. The number of benzene rings is 2. The number of ether oxygens (including phenoxy) is 3. The maximum atomic E-state index is 15.5. The highest BCUT2D eigenvalue weighted by molar-refractivity contribution is 6.31. The number of anilines is 2. The first-order valence-corrected chi connectivity index (χ1v) is 16.5. The third-order valence-electron chi connectivity index (χ3n) is 9.15. The van der Waals surface area contributed by atoms with Gasteiger partial charge in [0.15, 0.2) is 11.4 Å². The Morgan fingerprint density at radius 1 is 1.15 bits per heavy atom. The van der Waals surface area contributed by atoms with Crippen molar-refractivity contribution in [3.05, 3.63) is 64.3 Å². The number of likely N-dealkylation sites (tertiary alicyclic amines) is 1. The van der Waals surface area contributed by atoms with Crippen LogP contribution in [0.1, 0.15) is 68.3 Å². The van der Waals surface area contributed by atoms with E-state index >= 15 is 4.39 Å². The molecule has 1 aromatic heterocycles. The number of hydrogen-bond donors (Lipinski definition) is 3. The Morgan fingerprint density at radius 3 is 2.75 bits per heavy atom. The number of esters is 2. The van der Waals surface area contributed by atoms with Gasteiger partial charge in [-0.2, -0.15) is 0 Å². The highest BCUT2D eigenvalue weighted by atomic mass is 35.5. The highest BCUT2D eigenvalue weighted by Crippen LogP contribution is 2.46. The van der Waals surface area contributed by atoms with Crippen molar-refractivity contribution in [3.63, 3.8) is 0 Å². The summed E-state index contributed by atoms with van der Waals surface area (Å²) in [5.41, 5.74) is 1.57. The van der Waals surface area contributed by atoms with Crippen LogP contribution < -0.4 is 10.6 Å². The van der Waals surface area contributed by atoms with E-state index in [0.29, 0.717) is 73.4 Å². The lowest BCUT2D eigenvalue weighted by Gasteiger charge is -2.45. The molecule has 2 aromatic carbocycles. The van der Waals surface area contributed by atoms with E-state index in [-0.39, 0.29) is 41.8 Å². The van der Waals surface area contributed by atoms with Crippen molar-refractivity contribution in [2.75, 3.05) is 37.4 Å². The van der Waals surface area contributed by atoms with Crippen LogP contribution in [0.3, 0.4) is 0 Å². The van der Waals surface area contributed by atoms with E-state index in [9.17, 15) is 19.2 Å². The zero-order chi connectivity index (χ0) is 34.0. The van der Waals surface area contributed by atoms with Gasteiger partial charge in [-0.05, 0) is 56.4 Å². The number of nitrogens with one attached hydrogen (secondary N) is 3. The molecule has 1 spiro atoms. The number of piperidine rings is 1. The number of methoxy groups -OCH3 is 1. The van der Waals surface area contributed by atoms with Crippen LogP contribution >= 0.6 is 11.6 Å². The predicted molar refractivity (Wildman–Crippen MR) is 174 cm³/mol. The molecule has 3 aromatic rings. The van der Waals surface area contributed by atoms with Gasteiger partial charge in [0, 0.05) is 17.8 Å². The molecule has 6 rings (SSSR count). The van der Waals surface area contributed by atoms with Crippen LogP contribution in [0.15, 0.2) is 36.5 Å². The number of aromatic nitrogens is 2. The summed E-state index contributed by atoms with van der Waals surface area (Å²) in [6.45, 7) is 2.30. The molecule has 2 unspecified atom stereocenters. The first kappa shape index (κ1) is 33.3. The van der Waals surface area contributed by atoms with Gasteiger partial charge in [-0.15, -0.1) is 0 Å². The number of imidazole rings is 1. The molecule has 3 aliphatic heterocycles. The third-order valence-corrected chi connectivity index (χ3v) is 9.44. The van der Waals surface area contributed by atoms with Crippen LogP contribution in [0, 0.1) is 5.82 Å². The number of carbonyl (C=O) groups is 4. The van der Waals surface area contributed by atoms with Gasteiger partial charge in [-0.25, -0.2) is 19.0 Å². The Kier molecular flexibility index (Phi) is 9.58. The fourth-order valence-corrected chi connectivity index (χ4v) is 7.04. The Morgan fingerprint density at radius 2 is 1.96 bits per heavy atom. The predicted octanol–water partition coefficient (Wildman–Crippen LogP) is 5.67. The molecule has 14 heteroatoms. The maximum absolute atomic E-state index is 15.5. The number of fused-ring (bicyclic) bond motifs is 6. The van der Waals surface area contributed by atoms with E-state index in [0.717, 1.165) is 0 Å². The van der Waals surface area contributed by atoms with Crippen molar-refractivity contribution in [2.45, 2.75) is 69.4 Å². The van der Waals surface area contributed by atoms with Crippen LogP contribution in [0.5, 0.6) is 0 Å². The molecule has 2 bridgehead atoms. The van der Waals surface area contributed by atoms with E-state index in [1.54, 1.807) is 30.2 Å². The topological polar surface area (TPSA) is 152 Å². The average molecular weight is 682 g/mol. The van der Waals surface area contributed by atoms with Gasteiger partial charge in [0.2, 0.25) is 5.91 Å². The SMILES string of the molecule is CCOC(=O)C1CCCCC(C(=O)N2CCC[C@@]3(C2)OC(=O)Nc2ccc(Cl)c(F)c23)c2ncc([nH]2)-c2ccc(CC(=O)OC)cc2N1. The number of halogens is 2. The zero-order valence-corrected chi connectivity index (χ0v) is 27.5. The minimum atomic E-state index is -1.40. The minimum absolute atomic E-state index is 0.0453. The van der Waals surface area contributed by atoms with Crippen molar-refractivity contribution < 1.29 is 37.8 Å². The molecule has 3 aliphatic rings. The Balaban J connectivity index is 1.34. The third kappa shape index (κ3) is 6.55. The summed E-state index contributed by atoms with van der Waals surface area (Å²) in [5.74, 6) is -1.96. The van der Waals surface area contributed by atoms with Gasteiger partial charge in [-0.3, -0.25) is 14.9 Å². The summed E-state index contributed by atoms with van der Waals surface area (Å²) in [6.07, 6.45) is 3.78. The number of hydrogen-bond acceptors (Lipinski definition) is 9. The summed E-state index contributed by atoms with van der Waals surface area (Å²) in [5, 5.41) is 5.78. The molecular formula is C34H37ClFN5O7. The standard InChI is InChI=1S/C34H37ClFN5O7/c1-3-47-32(44)24-8-5-4-7-21(30-37-17-26(39-30)20-10-9-19(15-25(20)38-24)16-27(42)46-2)31(43)41-14-6-13-34(18-41)28-23(40-33(45)48-34)12-11-22(35)29(28)36/h9-12,15,17,21,24,38H,3-8,13-14,16,18H2,1-2H3,(H,37,39)(H,40,45)/t21?,24?,34-/m0/s1. The van der Waals surface area contributed by atoms with E-state index in [2.05, 4.69) is 20.6 Å². The largest absolute Gasteiger partial charge is 0.469 e. The number of H-pyrrole nitrogens is 1. The lowest BCUT2D eigenvalue weighted by atomic mass is 9.82. The van der Waals surface area contributed by atoms with Gasteiger partial charge in [0.1, 0.15) is 11.9 Å². The van der Waals surface area contributed by atoms with Crippen molar-refractivity contribution in [1.82, 2.24) is 14.9 Å². The molecule has 12 nitrogen and oxygen atoms in total. The summed E-state index contributed by atoms with van der Waals surface area (Å²) in [7, 11) is 1.32. The lowest BCUT2D eigenvalue weighted by Crippen LogP contribution is -2.54. The number of carbonyl (C=O) groups excluding carboxylic acids is 4. The number of aromatic amines is 1. The minimum Gasteiger partial charge on any atom is -0.469 e. The van der Waals surface area contributed by atoms with Crippen LogP contribution in [0.2, 0.25) is 5.02 Å². The second-order valence-electron chi connectivity index (χ2n) is 12.3. The normalized spacial score (nSPS) is 22.1. The van der Waals surface area contributed by atoms with E-state index in [4.69, 9.17) is 25.8 Å². The molecule has 0 saturated carbocycles. The molecular weight excluding hydrogens is 645 g/mol. The van der Waals surface area contributed by atoms with E-state index in [1.165, 1.54) is 19.2 Å². The fourth-order valence-electron chi connectivity index (χ4n) is 6.88. The van der Waals surface area contributed by atoms with Crippen LogP contribution in [0.4, 0.5) is 20.6 Å². The Hall–Kier alpha value is -4.65. The van der Waals surface area contributed by atoms with E-state index in [1.807, 2.05) is 6.07 Å². The van der Waals surface area contributed by atoms with Gasteiger partial charge >= 0.3 is 18.0 Å². The number of amides is 2. The maximum Gasteiger partial charge on any atom is 0.412 e. The van der Waals surface area contributed by atoms with Crippen LogP contribution in [0.25, 0.3) is 11.3 Å². The van der Waals surface area contributed by atoms with Gasteiger partial charge in [0.25, 0.3) is 0 Å². The second kappa shape index (κ2) is 13.8. The Bertz CT molecular complexity index is 1750. The molecule has 4 heterocycles. The molecule has 3 N–H and O–H groups in total. The van der Waals surface area contributed by atoms with Gasteiger partial charge < -0.3 is 29.4 Å². The summed E-state index contributed by atoms with van der Waals surface area (Å²) < 4.78 is 31.5. The highest BCUT2D eigenvalue weighted by Gasteiger charge is 2.49. The first-order chi connectivity index (χ1) is 23.1.